The largest absolute Gasteiger partial charge is 0.497 e. The lowest BCUT2D eigenvalue weighted by molar-refractivity contribution is 0.0434. The monoisotopic (exact) mass is 407 g/mol. The Balaban J connectivity index is 1.44. The Kier molecular flexibility index (Phi) is 5.35. The fourth-order valence-corrected chi connectivity index (χ4v) is 3.62. The van der Waals surface area contributed by atoms with Crippen molar-refractivity contribution in [2.45, 2.75) is 13.5 Å². The Labute approximate surface area is 170 Å². The van der Waals surface area contributed by atoms with E-state index >= 15 is 0 Å². The summed E-state index contributed by atoms with van der Waals surface area (Å²) >= 11 is 1.28. The minimum atomic E-state index is -0.473. The molecule has 29 heavy (non-hydrogen) atoms. The molecule has 0 radical (unpaired) electrons. The summed E-state index contributed by atoms with van der Waals surface area (Å²) in [5.41, 5.74) is 2.35. The number of carbonyl (C=O) groups is 1. The molecule has 0 saturated carbocycles. The first kappa shape index (κ1) is 18.8. The highest BCUT2D eigenvalue weighted by molar-refractivity contribution is 7.17. The smallest absolute Gasteiger partial charge is 0.350 e. The van der Waals surface area contributed by atoms with Gasteiger partial charge in [-0.2, -0.15) is 4.98 Å². The number of aryl methyl sites for hydroxylation is 1. The molecular formula is C21H17N3O4S. The summed E-state index contributed by atoms with van der Waals surface area (Å²) < 4.78 is 15.7. The zero-order valence-electron chi connectivity index (χ0n) is 15.8. The van der Waals surface area contributed by atoms with Crippen molar-refractivity contribution < 1.29 is 18.8 Å². The van der Waals surface area contributed by atoms with E-state index in [9.17, 15) is 4.79 Å². The van der Waals surface area contributed by atoms with Gasteiger partial charge in [-0.1, -0.05) is 35.5 Å². The Morgan fingerprint density at radius 3 is 2.52 bits per heavy atom. The standard InChI is InChI=1S/C21H17N3O4S/c1-13-18(29-20(22-13)15-8-10-16(26-2)11-9-15)21(25)27-12-17-23-19(24-28-17)14-6-4-3-5-7-14/h3-11H,12H2,1-2H3. The molecular weight excluding hydrogens is 390 g/mol. The summed E-state index contributed by atoms with van der Waals surface area (Å²) in [5.74, 6) is 0.970. The number of esters is 1. The Morgan fingerprint density at radius 2 is 1.79 bits per heavy atom. The maximum Gasteiger partial charge on any atom is 0.350 e. The van der Waals surface area contributed by atoms with Crippen LogP contribution >= 0.6 is 11.3 Å². The van der Waals surface area contributed by atoms with Crippen LogP contribution in [0, 0.1) is 6.92 Å². The molecule has 0 N–H and O–H groups in total. The third kappa shape index (κ3) is 4.17. The van der Waals surface area contributed by atoms with E-state index in [0.29, 0.717) is 16.4 Å². The summed E-state index contributed by atoms with van der Waals surface area (Å²) in [4.78, 5) is 21.7. The highest BCUT2D eigenvalue weighted by atomic mass is 32.1. The van der Waals surface area contributed by atoms with E-state index in [1.807, 2.05) is 54.6 Å². The van der Waals surface area contributed by atoms with E-state index in [-0.39, 0.29) is 12.5 Å². The first-order chi connectivity index (χ1) is 14.1. The summed E-state index contributed by atoms with van der Waals surface area (Å²) in [5, 5.41) is 4.65. The average Bonchev–Trinajstić information content (AvgIpc) is 3.40. The van der Waals surface area contributed by atoms with Gasteiger partial charge in [0.1, 0.15) is 15.6 Å². The fraction of sp³-hybridized carbons (Fsp3) is 0.143. The molecule has 2 aromatic heterocycles. The molecule has 0 bridgehead atoms. The first-order valence-corrected chi connectivity index (χ1v) is 9.62. The van der Waals surface area contributed by atoms with Crippen molar-refractivity contribution in [2.24, 2.45) is 0 Å². The minimum absolute atomic E-state index is 0.103. The fourth-order valence-electron chi connectivity index (χ4n) is 2.65. The van der Waals surface area contributed by atoms with Crippen LogP contribution < -0.4 is 4.74 Å². The molecule has 0 saturated heterocycles. The number of methoxy groups -OCH3 is 1. The molecule has 2 heterocycles. The summed E-state index contributed by atoms with van der Waals surface area (Å²) in [7, 11) is 1.61. The van der Waals surface area contributed by atoms with Crippen molar-refractivity contribution in [3.63, 3.8) is 0 Å². The topological polar surface area (TPSA) is 87.3 Å². The van der Waals surface area contributed by atoms with Crippen LogP contribution in [0.15, 0.2) is 59.1 Å². The minimum Gasteiger partial charge on any atom is -0.497 e. The maximum absolute atomic E-state index is 12.5. The molecule has 2 aromatic carbocycles. The maximum atomic E-state index is 12.5. The predicted molar refractivity (Wildman–Crippen MR) is 108 cm³/mol. The number of benzene rings is 2. The number of nitrogens with zero attached hydrogens (tertiary/aromatic N) is 3. The highest BCUT2D eigenvalue weighted by Gasteiger charge is 2.19. The quantitative estimate of drug-likeness (QED) is 0.434. The zero-order chi connectivity index (χ0) is 20.2. The van der Waals surface area contributed by atoms with Crippen molar-refractivity contribution >= 4 is 17.3 Å². The molecule has 4 aromatic rings. The van der Waals surface area contributed by atoms with Crippen LogP contribution in [0.1, 0.15) is 21.3 Å². The molecule has 0 atom stereocenters. The molecule has 0 spiro atoms. The van der Waals surface area contributed by atoms with E-state index in [4.69, 9.17) is 14.0 Å². The van der Waals surface area contributed by atoms with Gasteiger partial charge in [0.15, 0.2) is 6.61 Å². The number of thiazole rings is 1. The van der Waals surface area contributed by atoms with Gasteiger partial charge in [-0.05, 0) is 31.2 Å². The SMILES string of the molecule is COc1ccc(-c2nc(C)c(C(=O)OCc3nc(-c4ccccc4)no3)s2)cc1. The molecule has 0 amide bonds. The second-order valence-electron chi connectivity index (χ2n) is 6.12. The number of carbonyl (C=O) groups excluding carboxylic acids is 1. The first-order valence-electron chi connectivity index (χ1n) is 8.81. The van der Waals surface area contributed by atoms with Crippen molar-refractivity contribution in [3.8, 4) is 27.7 Å². The zero-order valence-corrected chi connectivity index (χ0v) is 16.6. The van der Waals surface area contributed by atoms with Gasteiger partial charge in [0.2, 0.25) is 5.82 Å². The van der Waals surface area contributed by atoms with Gasteiger partial charge < -0.3 is 14.0 Å². The molecule has 8 heteroatoms. The molecule has 0 fully saturated rings. The normalized spacial score (nSPS) is 10.7. The van der Waals surface area contributed by atoms with Gasteiger partial charge in [0.25, 0.3) is 5.89 Å². The van der Waals surface area contributed by atoms with E-state index in [1.54, 1.807) is 14.0 Å². The van der Waals surface area contributed by atoms with Crippen LogP contribution in [0.3, 0.4) is 0 Å². The summed E-state index contributed by atoms with van der Waals surface area (Å²) in [6, 6.07) is 16.9. The Hall–Kier alpha value is -3.52. The van der Waals surface area contributed by atoms with Crippen molar-refractivity contribution in [3.05, 3.63) is 71.1 Å². The lowest BCUT2D eigenvalue weighted by atomic mass is 10.2. The number of hydrogen-bond donors (Lipinski definition) is 0. The Morgan fingerprint density at radius 1 is 1.03 bits per heavy atom. The molecule has 0 aliphatic heterocycles. The average molecular weight is 407 g/mol. The lowest BCUT2D eigenvalue weighted by Crippen LogP contribution is -2.05. The molecule has 146 valence electrons. The van der Waals surface area contributed by atoms with E-state index in [2.05, 4.69) is 15.1 Å². The third-order valence-corrected chi connectivity index (χ3v) is 5.33. The third-order valence-electron chi connectivity index (χ3n) is 4.15. The van der Waals surface area contributed by atoms with Crippen LogP contribution in [0.25, 0.3) is 22.0 Å². The van der Waals surface area contributed by atoms with Crippen LogP contribution in [-0.2, 0) is 11.3 Å². The second-order valence-corrected chi connectivity index (χ2v) is 7.12. The number of aromatic nitrogens is 3. The van der Waals surface area contributed by atoms with E-state index < -0.39 is 5.97 Å². The van der Waals surface area contributed by atoms with Crippen molar-refractivity contribution in [1.82, 2.24) is 15.1 Å². The van der Waals surface area contributed by atoms with Crippen molar-refractivity contribution in [1.29, 1.82) is 0 Å². The van der Waals surface area contributed by atoms with Crippen molar-refractivity contribution in [2.75, 3.05) is 7.11 Å². The molecule has 0 aliphatic carbocycles. The van der Waals surface area contributed by atoms with E-state index in [0.717, 1.165) is 21.9 Å². The van der Waals surface area contributed by atoms with Crippen LogP contribution in [0.4, 0.5) is 0 Å². The predicted octanol–water partition coefficient (Wildman–Crippen LogP) is 4.53. The molecule has 0 unspecified atom stereocenters. The Bertz CT molecular complexity index is 1120. The van der Waals surface area contributed by atoms with Gasteiger partial charge in [-0.25, -0.2) is 9.78 Å². The molecule has 7 nitrogen and oxygen atoms in total. The summed E-state index contributed by atoms with van der Waals surface area (Å²) in [6.45, 7) is 1.67. The van der Waals surface area contributed by atoms with Gasteiger partial charge in [-0.3, -0.25) is 0 Å². The van der Waals surface area contributed by atoms with Gasteiger partial charge in [0, 0.05) is 11.1 Å². The lowest BCUT2D eigenvalue weighted by Gasteiger charge is -2.00. The van der Waals surface area contributed by atoms with Crippen LogP contribution in [0.2, 0.25) is 0 Å². The number of ether oxygens (including phenoxy) is 2. The molecule has 4 rings (SSSR count). The number of hydrogen-bond acceptors (Lipinski definition) is 8. The van der Waals surface area contributed by atoms with Gasteiger partial charge in [0.05, 0.1) is 12.8 Å². The van der Waals surface area contributed by atoms with Crippen LogP contribution in [0.5, 0.6) is 5.75 Å². The second kappa shape index (κ2) is 8.24. The van der Waals surface area contributed by atoms with Gasteiger partial charge >= 0.3 is 5.97 Å². The van der Waals surface area contributed by atoms with Gasteiger partial charge in [-0.15, -0.1) is 11.3 Å². The highest BCUT2D eigenvalue weighted by Crippen LogP contribution is 2.29. The van der Waals surface area contributed by atoms with E-state index in [1.165, 1.54) is 11.3 Å². The number of rotatable bonds is 6. The van der Waals surface area contributed by atoms with Crippen LogP contribution in [-0.4, -0.2) is 28.2 Å². The molecule has 0 aliphatic rings. The summed E-state index contributed by atoms with van der Waals surface area (Å²) in [6.07, 6.45) is 0.